The molecule has 2 aromatic carbocycles. The Kier molecular flexibility index (Phi) is 5.19. The monoisotopic (exact) mass is 420 g/mol. The lowest BCUT2D eigenvalue weighted by Gasteiger charge is -2.31. The summed E-state index contributed by atoms with van der Waals surface area (Å²) in [4.78, 5) is 31.6. The van der Waals surface area contributed by atoms with E-state index in [1.54, 1.807) is 18.5 Å². The van der Waals surface area contributed by atoms with Gasteiger partial charge in [-0.2, -0.15) is 0 Å². The second-order valence-corrected chi connectivity index (χ2v) is 7.89. The van der Waals surface area contributed by atoms with Crippen molar-refractivity contribution in [2.45, 2.75) is 25.8 Å². The molecule has 0 bridgehead atoms. The van der Waals surface area contributed by atoms with Crippen LogP contribution in [0.25, 0.3) is 11.0 Å². The zero-order valence-corrected chi connectivity index (χ0v) is 17.1. The Balaban J connectivity index is 1.11. The van der Waals surface area contributed by atoms with E-state index in [-0.39, 0.29) is 24.5 Å². The minimum atomic E-state index is -0.105. The topological polar surface area (TPSA) is 85.7 Å². The molecule has 0 aliphatic carbocycles. The van der Waals surface area contributed by atoms with Gasteiger partial charge in [0.05, 0.1) is 17.4 Å². The predicted molar refractivity (Wildman–Crippen MR) is 115 cm³/mol. The summed E-state index contributed by atoms with van der Waals surface area (Å²) in [6, 6.07) is 13.3. The van der Waals surface area contributed by atoms with Gasteiger partial charge in [-0.25, -0.2) is 4.98 Å². The fourth-order valence-electron chi connectivity index (χ4n) is 4.17. The minimum Gasteiger partial charge on any atom is -0.454 e. The Morgan fingerprint density at radius 1 is 1.06 bits per heavy atom. The highest BCUT2D eigenvalue weighted by atomic mass is 16.7. The smallest absolute Gasteiger partial charge is 0.231 e. The fraction of sp³-hybridized carbons (Fsp3) is 0.348. The van der Waals surface area contributed by atoms with Gasteiger partial charge in [-0.3, -0.25) is 9.59 Å². The second-order valence-electron chi connectivity index (χ2n) is 7.89. The molecule has 8 nitrogen and oxygen atoms in total. The molecule has 2 aliphatic rings. The maximum absolute atomic E-state index is 12.7. The fourth-order valence-corrected chi connectivity index (χ4v) is 4.17. The Labute approximate surface area is 179 Å². The van der Waals surface area contributed by atoms with Gasteiger partial charge in [-0.15, -0.1) is 0 Å². The van der Waals surface area contributed by atoms with Crippen molar-refractivity contribution in [2.24, 2.45) is 5.92 Å². The molecule has 0 spiro atoms. The summed E-state index contributed by atoms with van der Waals surface area (Å²) in [6.07, 6.45) is 3.53. The van der Waals surface area contributed by atoms with E-state index in [4.69, 9.17) is 9.47 Å². The molecule has 0 saturated carbocycles. The molecule has 1 fully saturated rings. The average Bonchev–Trinajstić information content (AvgIpc) is 3.44. The molecule has 0 unspecified atom stereocenters. The number of fused-ring (bicyclic) bond motifs is 2. The molecule has 31 heavy (non-hydrogen) atoms. The molecule has 1 saturated heterocycles. The Morgan fingerprint density at radius 3 is 2.74 bits per heavy atom. The van der Waals surface area contributed by atoms with E-state index < -0.39 is 0 Å². The van der Waals surface area contributed by atoms with Gasteiger partial charge in [0, 0.05) is 43.7 Å². The van der Waals surface area contributed by atoms with Gasteiger partial charge in [0.1, 0.15) is 0 Å². The molecule has 2 aliphatic heterocycles. The molecule has 3 heterocycles. The number of carbonyl (C=O) groups excluding carboxylic acids is 2. The van der Waals surface area contributed by atoms with Crippen LogP contribution >= 0.6 is 0 Å². The molecule has 5 rings (SSSR count). The van der Waals surface area contributed by atoms with Crippen molar-refractivity contribution in [3.8, 4) is 11.5 Å². The number of nitrogens with zero attached hydrogens (tertiary/aromatic N) is 3. The van der Waals surface area contributed by atoms with Crippen LogP contribution in [0.1, 0.15) is 19.3 Å². The summed E-state index contributed by atoms with van der Waals surface area (Å²) in [5.74, 6) is 1.33. The first-order chi connectivity index (χ1) is 15.2. The lowest BCUT2D eigenvalue weighted by atomic mass is 9.95. The lowest BCUT2D eigenvalue weighted by Crippen LogP contribution is -2.41. The molecule has 2 amide bonds. The standard InChI is InChI=1S/C23H24N4O4/c28-22(9-12-27-14-24-18-3-1-2-4-19(18)27)26-10-7-16(8-11-26)23(29)25-17-5-6-20-21(13-17)31-15-30-20/h1-6,13-14,16H,7-12,15H2,(H,25,29). The number of likely N-dealkylation sites (tertiary alicyclic amines) is 1. The number of hydrogen-bond donors (Lipinski definition) is 1. The van der Waals surface area contributed by atoms with Crippen LogP contribution in [0.3, 0.4) is 0 Å². The number of piperidine rings is 1. The van der Waals surface area contributed by atoms with Gasteiger partial charge in [0.2, 0.25) is 18.6 Å². The quantitative estimate of drug-likeness (QED) is 0.686. The third-order valence-electron chi connectivity index (χ3n) is 5.95. The van der Waals surface area contributed by atoms with Crippen molar-refractivity contribution < 1.29 is 19.1 Å². The van der Waals surface area contributed by atoms with Gasteiger partial charge < -0.3 is 24.3 Å². The van der Waals surface area contributed by atoms with E-state index in [9.17, 15) is 9.59 Å². The van der Waals surface area contributed by atoms with Crippen LogP contribution in [-0.4, -0.2) is 46.1 Å². The van der Waals surface area contributed by atoms with Gasteiger partial charge in [0.25, 0.3) is 0 Å². The highest BCUT2D eigenvalue weighted by Gasteiger charge is 2.27. The lowest BCUT2D eigenvalue weighted by molar-refractivity contribution is -0.134. The highest BCUT2D eigenvalue weighted by Crippen LogP contribution is 2.34. The van der Waals surface area contributed by atoms with Gasteiger partial charge >= 0.3 is 0 Å². The summed E-state index contributed by atoms with van der Waals surface area (Å²) in [5.41, 5.74) is 2.67. The normalized spacial score (nSPS) is 15.9. The van der Waals surface area contributed by atoms with Crippen LogP contribution in [0.5, 0.6) is 11.5 Å². The number of para-hydroxylation sites is 2. The first kappa shape index (κ1) is 19.4. The minimum absolute atomic E-state index is 0.0177. The SMILES string of the molecule is O=C(Nc1ccc2c(c1)OCO2)C1CCN(C(=O)CCn2cnc3ccccc32)CC1. The summed E-state index contributed by atoms with van der Waals surface area (Å²) in [7, 11) is 0. The van der Waals surface area contributed by atoms with Crippen LogP contribution in [-0.2, 0) is 16.1 Å². The molecule has 8 heteroatoms. The number of ether oxygens (including phenoxy) is 2. The molecular weight excluding hydrogens is 396 g/mol. The van der Waals surface area contributed by atoms with Gasteiger partial charge in [0.15, 0.2) is 11.5 Å². The molecule has 0 atom stereocenters. The van der Waals surface area contributed by atoms with Crippen molar-refractivity contribution >= 4 is 28.5 Å². The van der Waals surface area contributed by atoms with Gasteiger partial charge in [-0.05, 0) is 37.1 Å². The summed E-state index contributed by atoms with van der Waals surface area (Å²) >= 11 is 0. The van der Waals surface area contributed by atoms with Crippen molar-refractivity contribution in [1.29, 1.82) is 0 Å². The zero-order valence-electron chi connectivity index (χ0n) is 17.1. The maximum Gasteiger partial charge on any atom is 0.231 e. The number of carbonyl (C=O) groups is 2. The summed E-state index contributed by atoms with van der Waals surface area (Å²) in [6.45, 7) is 2.01. The molecule has 1 N–H and O–H groups in total. The molecule has 1 aromatic heterocycles. The van der Waals surface area contributed by atoms with E-state index in [1.807, 2.05) is 39.8 Å². The molecule has 160 valence electrons. The van der Waals surface area contributed by atoms with Crippen LogP contribution in [0.4, 0.5) is 5.69 Å². The van der Waals surface area contributed by atoms with Crippen LogP contribution < -0.4 is 14.8 Å². The number of nitrogens with one attached hydrogen (secondary N) is 1. The van der Waals surface area contributed by atoms with E-state index in [1.165, 1.54) is 0 Å². The third-order valence-corrected chi connectivity index (χ3v) is 5.95. The van der Waals surface area contributed by atoms with E-state index >= 15 is 0 Å². The number of anilines is 1. The van der Waals surface area contributed by atoms with Crippen molar-refractivity contribution in [3.63, 3.8) is 0 Å². The first-order valence-electron chi connectivity index (χ1n) is 10.6. The maximum atomic E-state index is 12.7. The number of aryl methyl sites for hydroxylation is 1. The summed E-state index contributed by atoms with van der Waals surface area (Å²) < 4.78 is 12.7. The number of aromatic nitrogens is 2. The van der Waals surface area contributed by atoms with Crippen LogP contribution in [0.2, 0.25) is 0 Å². The Hall–Kier alpha value is -3.55. The number of imidazole rings is 1. The predicted octanol–water partition coefficient (Wildman–Crippen LogP) is 3.03. The van der Waals surface area contributed by atoms with Gasteiger partial charge in [-0.1, -0.05) is 12.1 Å². The molecule has 0 radical (unpaired) electrons. The first-order valence-corrected chi connectivity index (χ1v) is 10.6. The average molecular weight is 420 g/mol. The van der Waals surface area contributed by atoms with Crippen molar-refractivity contribution in [1.82, 2.24) is 14.5 Å². The zero-order chi connectivity index (χ0) is 21.2. The number of amides is 2. The Morgan fingerprint density at radius 2 is 1.87 bits per heavy atom. The Bertz CT molecular complexity index is 1120. The third kappa shape index (κ3) is 4.05. The van der Waals surface area contributed by atoms with Crippen molar-refractivity contribution in [3.05, 3.63) is 48.8 Å². The van der Waals surface area contributed by atoms with E-state index in [0.717, 1.165) is 11.0 Å². The molecule has 3 aromatic rings. The number of rotatable bonds is 5. The molecular formula is C23H24N4O4. The van der Waals surface area contributed by atoms with Crippen LogP contribution in [0, 0.1) is 5.92 Å². The van der Waals surface area contributed by atoms with Crippen molar-refractivity contribution in [2.75, 3.05) is 25.2 Å². The second kappa shape index (κ2) is 8.29. The van der Waals surface area contributed by atoms with E-state index in [2.05, 4.69) is 10.3 Å². The summed E-state index contributed by atoms with van der Waals surface area (Å²) in [5, 5.41) is 2.96. The highest BCUT2D eigenvalue weighted by molar-refractivity contribution is 5.93. The number of benzene rings is 2. The largest absolute Gasteiger partial charge is 0.454 e. The van der Waals surface area contributed by atoms with Crippen LogP contribution in [0.15, 0.2) is 48.8 Å². The number of hydrogen-bond acceptors (Lipinski definition) is 5. The van der Waals surface area contributed by atoms with E-state index in [0.29, 0.717) is 56.1 Å².